The van der Waals surface area contributed by atoms with Crippen molar-refractivity contribution in [3.8, 4) is 0 Å². The van der Waals surface area contributed by atoms with Crippen molar-refractivity contribution >= 4 is 0 Å². The fourth-order valence-electron chi connectivity index (χ4n) is 3.25. The maximum Gasteiger partial charge on any atom is 0.0207 e. The van der Waals surface area contributed by atoms with Crippen LogP contribution < -0.4 is 5.32 Å². The van der Waals surface area contributed by atoms with Gasteiger partial charge in [-0.05, 0) is 38.8 Å². The molecule has 1 aliphatic heterocycles. The molecule has 2 rings (SSSR count). The van der Waals surface area contributed by atoms with Gasteiger partial charge >= 0.3 is 0 Å². The average Bonchev–Trinajstić information content (AvgIpc) is 2.54. The van der Waals surface area contributed by atoms with E-state index in [9.17, 15) is 0 Å². The highest BCUT2D eigenvalue weighted by Crippen LogP contribution is 2.38. The van der Waals surface area contributed by atoms with E-state index in [0.29, 0.717) is 5.54 Å². The van der Waals surface area contributed by atoms with Crippen LogP contribution >= 0.6 is 0 Å². The first-order valence-corrected chi connectivity index (χ1v) is 6.33. The average molecular weight is 196 g/mol. The molecule has 1 N–H and O–H groups in total. The van der Waals surface area contributed by atoms with Gasteiger partial charge in [0.05, 0.1) is 0 Å². The summed E-state index contributed by atoms with van der Waals surface area (Å²) in [5, 5.41) is 3.50. The van der Waals surface area contributed by atoms with Crippen molar-refractivity contribution in [2.75, 3.05) is 26.2 Å². The Bertz CT molecular complexity index is 165. The number of rotatable bonds is 2. The Kier molecular flexibility index (Phi) is 3.45. The van der Waals surface area contributed by atoms with E-state index in [1.165, 1.54) is 64.7 Å². The topological polar surface area (TPSA) is 15.3 Å². The maximum absolute atomic E-state index is 3.50. The highest BCUT2D eigenvalue weighted by molar-refractivity contribution is 4.94. The van der Waals surface area contributed by atoms with Crippen molar-refractivity contribution in [1.29, 1.82) is 0 Å². The van der Waals surface area contributed by atoms with Gasteiger partial charge in [-0.15, -0.1) is 0 Å². The summed E-state index contributed by atoms with van der Waals surface area (Å²) in [5.74, 6) is 0. The minimum absolute atomic E-state index is 0.589. The van der Waals surface area contributed by atoms with Gasteiger partial charge in [0.25, 0.3) is 0 Å². The van der Waals surface area contributed by atoms with Gasteiger partial charge in [-0.3, -0.25) is 4.90 Å². The zero-order valence-corrected chi connectivity index (χ0v) is 9.52. The molecule has 0 aromatic heterocycles. The van der Waals surface area contributed by atoms with Crippen molar-refractivity contribution in [2.24, 2.45) is 0 Å². The van der Waals surface area contributed by atoms with E-state index in [4.69, 9.17) is 0 Å². The van der Waals surface area contributed by atoms with Gasteiger partial charge in [-0.1, -0.05) is 19.8 Å². The summed E-state index contributed by atoms with van der Waals surface area (Å²) in [7, 11) is 0. The molecule has 2 aliphatic rings. The molecule has 82 valence electrons. The third-order valence-electron chi connectivity index (χ3n) is 4.20. The summed E-state index contributed by atoms with van der Waals surface area (Å²) < 4.78 is 0. The van der Waals surface area contributed by atoms with E-state index in [0.717, 1.165) is 0 Å². The molecule has 2 fully saturated rings. The van der Waals surface area contributed by atoms with Crippen LogP contribution in [0.4, 0.5) is 0 Å². The molecule has 1 heterocycles. The van der Waals surface area contributed by atoms with E-state index < -0.39 is 0 Å². The lowest BCUT2D eigenvalue weighted by molar-refractivity contribution is 0.0953. The Morgan fingerprint density at radius 3 is 2.57 bits per heavy atom. The Morgan fingerprint density at radius 1 is 1.07 bits per heavy atom. The first-order valence-electron chi connectivity index (χ1n) is 6.33. The second kappa shape index (κ2) is 4.63. The van der Waals surface area contributed by atoms with E-state index >= 15 is 0 Å². The molecule has 0 aromatic rings. The first-order chi connectivity index (χ1) is 6.87. The normalized spacial score (nSPS) is 28.9. The number of nitrogens with zero attached hydrogens (tertiary/aromatic N) is 1. The molecule has 0 bridgehead atoms. The van der Waals surface area contributed by atoms with Gasteiger partial charge in [0.1, 0.15) is 0 Å². The predicted octanol–water partition coefficient (Wildman–Crippen LogP) is 2.00. The standard InChI is InChI=1S/C12H24N2/c1-2-12(6-3-4-7-12)14-10-5-8-13-9-11-14/h13H,2-11H2,1H3. The van der Waals surface area contributed by atoms with Crippen LogP contribution in [-0.2, 0) is 0 Å². The Balaban J connectivity index is 2.01. The van der Waals surface area contributed by atoms with Gasteiger partial charge in [-0.2, -0.15) is 0 Å². The van der Waals surface area contributed by atoms with Crippen molar-refractivity contribution in [3.05, 3.63) is 0 Å². The molecule has 0 spiro atoms. The van der Waals surface area contributed by atoms with Gasteiger partial charge in [0.15, 0.2) is 0 Å². The van der Waals surface area contributed by atoms with Crippen molar-refractivity contribution in [3.63, 3.8) is 0 Å². The fourth-order valence-corrected chi connectivity index (χ4v) is 3.25. The molecule has 14 heavy (non-hydrogen) atoms. The largest absolute Gasteiger partial charge is 0.315 e. The lowest BCUT2D eigenvalue weighted by atomic mass is 9.91. The van der Waals surface area contributed by atoms with Gasteiger partial charge in [0, 0.05) is 18.6 Å². The second-order valence-electron chi connectivity index (χ2n) is 4.88. The Hall–Kier alpha value is -0.0800. The summed E-state index contributed by atoms with van der Waals surface area (Å²) in [6.45, 7) is 7.39. The third kappa shape index (κ3) is 1.96. The van der Waals surface area contributed by atoms with E-state index in [1.807, 2.05) is 0 Å². The SMILES string of the molecule is CCC1(N2CCCNCC2)CCCC1. The number of hydrogen-bond acceptors (Lipinski definition) is 2. The van der Waals surface area contributed by atoms with Crippen LogP contribution in [-0.4, -0.2) is 36.6 Å². The van der Waals surface area contributed by atoms with Crippen LogP contribution in [0, 0.1) is 0 Å². The van der Waals surface area contributed by atoms with Crippen molar-refractivity contribution in [2.45, 2.75) is 51.0 Å². The molecule has 0 unspecified atom stereocenters. The first kappa shape index (κ1) is 10.4. The predicted molar refractivity (Wildman–Crippen MR) is 60.5 cm³/mol. The lowest BCUT2D eigenvalue weighted by Crippen LogP contribution is -2.47. The van der Waals surface area contributed by atoms with Crippen LogP contribution in [0.5, 0.6) is 0 Å². The summed E-state index contributed by atoms with van der Waals surface area (Å²) in [6, 6.07) is 0. The third-order valence-corrected chi connectivity index (χ3v) is 4.20. The van der Waals surface area contributed by atoms with Crippen LogP contribution in [0.15, 0.2) is 0 Å². The van der Waals surface area contributed by atoms with E-state index in [1.54, 1.807) is 0 Å². The van der Waals surface area contributed by atoms with Crippen LogP contribution in [0.1, 0.15) is 45.4 Å². The van der Waals surface area contributed by atoms with Crippen molar-refractivity contribution in [1.82, 2.24) is 10.2 Å². The summed E-state index contributed by atoms with van der Waals surface area (Å²) in [5.41, 5.74) is 0.589. The Labute approximate surface area is 88.1 Å². The molecule has 2 heteroatoms. The number of nitrogens with one attached hydrogen (secondary N) is 1. The number of hydrogen-bond donors (Lipinski definition) is 1. The van der Waals surface area contributed by atoms with Gasteiger partial charge in [0.2, 0.25) is 0 Å². The van der Waals surface area contributed by atoms with Gasteiger partial charge < -0.3 is 5.32 Å². The molecular weight excluding hydrogens is 172 g/mol. The monoisotopic (exact) mass is 196 g/mol. The minimum Gasteiger partial charge on any atom is -0.315 e. The lowest BCUT2D eigenvalue weighted by Gasteiger charge is -2.40. The van der Waals surface area contributed by atoms with Crippen molar-refractivity contribution < 1.29 is 0 Å². The maximum atomic E-state index is 3.50. The molecule has 0 amide bonds. The summed E-state index contributed by atoms with van der Waals surface area (Å²) >= 11 is 0. The van der Waals surface area contributed by atoms with Gasteiger partial charge in [-0.25, -0.2) is 0 Å². The minimum atomic E-state index is 0.589. The fraction of sp³-hybridized carbons (Fsp3) is 1.00. The van der Waals surface area contributed by atoms with Crippen LogP contribution in [0.25, 0.3) is 0 Å². The molecule has 2 nitrogen and oxygen atoms in total. The smallest absolute Gasteiger partial charge is 0.0207 e. The van der Waals surface area contributed by atoms with Crippen LogP contribution in [0.2, 0.25) is 0 Å². The highest BCUT2D eigenvalue weighted by Gasteiger charge is 2.37. The quantitative estimate of drug-likeness (QED) is 0.727. The van der Waals surface area contributed by atoms with E-state index in [2.05, 4.69) is 17.1 Å². The summed E-state index contributed by atoms with van der Waals surface area (Å²) in [4.78, 5) is 2.78. The highest BCUT2D eigenvalue weighted by atomic mass is 15.2. The molecule has 1 saturated heterocycles. The summed E-state index contributed by atoms with van der Waals surface area (Å²) in [6.07, 6.45) is 8.50. The Morgan fingerprint density at radius 2 is 1.86 bits per heavy atom. The molecule has 0 radical (unpaired) electrons. The van der Waals surface area contributed by atoms with E-state index in [-0.39, 0.29) is 0 Å². The molecule has 0 atom stereocenters. The zero-order chi connectivity index (χ0) is 9.86. The van der Waals surface area contributed by atoms with Crippen LogP contribution in [0.3, 0.4) is 0 Å². The molecule has 1 aliphatic carbocycles. The second-order valence-corrected chi connectivity index (χ2v) is 4.88. The molecule has 0 aromatic carbocycles. The zero-order valence-electron chi connectivity index (χ0n) is 9.52. The molecular formula is C12H24N2. The molecule has 1 saturated carbocycles.